The fraction of sp³-hybridized carbons (Fsp3) is 0.308. The van der Waals surface area contributed by atoms with Gasteiger partial charge >= 0.3 is 0 Å². The van der Waals surface area contributed by atoms with E-state index >= 15 is 0 Å². The van der Waals surface area contributed by atoms with E-state index in [1.54, 1.807) is 24.3 Å². The van der Waals surface area contributed by atoms with Crippen LogP contribution in [0.2, 0.25) is 0 Å². The number of rotatable bonds is 4. The second-order valence-electron chi connectivity index (χ2n) is 3.63. The van der Waals surface area contributed by atoms with Gasteiger partial charge < -0.3 is 5.32 Å². The van der Waals surface area contributed by atoms with Crippen LogP contribution in [0.3, 0.4) is 0 Å². The van der Waals surface area contributed by atoms with Crippen LogP contribution >= 0.6 is 0 Å². The van der Waals surface area contributed by atoms with Crippen LogP contribution in [0.5, 0.6) is 0 Å². The molecule has 0 fully saturated rings. The van der Waals surface area contributed by atoms with Crippen LogP contribution < -0.4 is 5.32 Å². The van der Waals surface area contributed by atoms with Gasteiger partial charge in [0.05, 0.1) is 17.7 Å². The zero-order valence-corrected chi connectivity index (χ0v) is 9.60. The Labute approximate surface area is 100 Å². The van der Waals surface area contributed by atoms with Gasteiger partial charge in [0.1, 0.15) is 6.04 Å². The quantitative estimate of drug-likeness (QED) is 0.854. The lowest BCUT2D eigenvalue weighted by atomic mass is 10.1. The van der Waals surface area contributed by atoms with Gasteiger partial charge in [0.15, 0.2) is 0 Å². The molecule has 4 heteroatoms. The Bertz CT molecular complexity index is 465. The Morgan fingerprint density at radius 1 is 1.35 bits per heavy atom. The molecule has 0 aliphatic carbocycles. The van der Waals surface area contributed by atoms with Gasteiger partial charge in [-0.1, -0.05) is 13.3 Å². The van der Waals surface area contributed by atoms with E-state index in [4.69, 9.17) is 10.5 Å². The Morgan fingerprint density at radius 3 is 2.47 bits per heavy atom. The van der Waals surface area contributed by atoms with Crippen molar-refractivity contribution in [1.29, 1.82) is 10.5 Å². The molecule has 1 rings (SSSR count). The summed E-state index contributed by atoms with van der Waals surface area (Å²) in [6.45, 7) is 1.96. The van der Waals surface area contributed by atoms with E-state index in [0.717, 1.165) is 6.42 Å². The number of nitriles is 2. The molecule has 0 aromatic heterocycles. The highest BCUT2D eigenvalue weighted by molar-refractivity contribution is 5.94. The third-order valence-electron chi connectivity index (χ3n) is 2.31. The molecule has 86 valence electrons. The molecular weight excluding hydrogens is 214 g/mol. The molecule has 17 heavy (non-hydrogen) atoms. The minimum Gasteiger partial charge on any atom is -0.336 e. The number of hydrogen-bond donors (Lipinski definition) is 1. The molecule has 0 aliphatic rings. The van der Waals surface area contributed by atoms with E-state index in [2.05, 4.69) is 5.32 Å². The monoisotopic (exact) mass is 227 g/mol. The lowest BCUT2D eigenvalue weighted by Gasteiger charge is -2.10. The Hall–Kier alpha value is -2.33. The largest absolute Gasteiger partial charge is 0.336 e. The van der Waals surface area contributed by atoms with Crippen molar-refractivity contribution < 1.29 is 4.79 Å². The standard InChI is InChI=1S/C13H13N3O/c1-2-3-12(9-15)16-13(17)11-6-4-10(8-14)5-7-11/h4-7,12H,2-3H2,1H3,(H,16,17). The minimum absolute atomic E-state index is 0.283. The molecule has 0 bridgehead atoms. The molecule has 1 aromatic rings. The first-order chi connectivity index (χ1) is 8.21. The van der Waals surface area contributed by atoms with E-state index in [9.17, 15) is 4.79 Å². The highest BCUT2D eigenvalue weighted by Crippen LogP contribution is 2.04. The van der Waals surface area contributed by atoms with Crippen LogP contribution in [0.4, 0.5) is 0 Å². The van der Waals surface area contributed by atoms with Gasteiger partial charge in [0.25, 0.3) is 5.91 Å². The van der Waals surface area contributed by atoms with Gasteiger partial charge in [-0.2, -0.15) is 10.5 Å². The summed E-state index contributed by atoms with van der Waals surface area (Å²) in [5.41, 5.74) is 0.965. The number of nitrogens with zero attached hydrogens (tertiary/aromatic N) is 2. The molecule has 4 nitrogen and oxygen atoms in total. The van der Waals surface area contributed by atoms with Crippen LogP contribution in [0, 0.1) is 22.7 Å². The molecule has 0 heterocycles. The molecular formula is C13H13N3O. The lowest BCUT2D eigenvalue weighted by Crippen LogP contribution is -2.33. The average molecular weight is 227 g/mol. The zero-order valence-electron chi connectivity index (χ0n) is 9.60. The molecule has 0 saturated heterocycles. The van der Waals surface area contributed by atoms with E-state index in [-0.39, 0.29) is 5.91 Å². The number of carbonyl (C=O) groups excluding carboxylic acids is 1. The Balaban J connectivity index is 2.70. The summed E-state index contributed by atoms with van der Waals surface area (Å²) in [4.78, 5) is 11.7. The fourth-order valence-electron chi connectivity index (χ4n) is 1.40. The Morgan fingerprint density at radius 2 is 2.00 bits per heavy atom. The number of nitrogens with one attached hydrogen (secondary N) is 1. The number of carbonyl (C=O) groups is 1. The van der Waals surface area contributed by atoms with Gasteiger partial charge in [-0.15, -0.1) is 0 Å². The third-order valence-corrected chi connectivity index (χ3v) is 2.31. The first-order valence-corrected chi connectivity index (χ1v) is 5.42. The first kappa shape index (κ1) is 12.7. The maximum absolute atomic E-state index is 11.7. The molecule has 1 unspecified atom stereocenters. The SMILES string of the molecule is CCCC(C#N)NC(=O)c1ccc(C#N)cc1. The van der Waals surface area contributed by atoms with Crippen molar-refractivity contribution in [2.75, 3.05) is 0 Å². The fourth-order valence-corrected chi connectivity index (χ4v) is 1.40. The summed E-state index contributed by atoms with van der Waals surface area (Å²) in [7, 11) is 0. The highest BCUT2D eigenvalue weighted by Gasteiger charge is 2.11. The van der Waals surface area contributed by atoms with Crippen LogP contribution in [-0.4, -0.2) is 11.9 Å². The van der Waals surface area contributed by atoms with Crippen LogP contribution in [0.25, 0.3) is 0 Å². The average Bonchev–Trinajstić information content (AvgIpc) is 2.38. The Kier molecular flexibility index (Phi) is 4.72. The van der Waals surface area contributed by atoms with Crippen LogP contribution in [-0.2, 0) is 0 Å². The highest BCUT2D eigenvalue weighted by atomic mass is 16.1. The van der Waals surface area contributed by atoms with Crippen molar-refractivity contribution in [2.24, 2.45) is 0 Å². The normalized spacial score (nSPS) is 11.0. The van der Waals surface area contributed by atoms with Gasteiger partial charge in [-0.25, -0.2) is 0 Å². The van der Waals surface area contributed by atoms with E-state index in [1.165, 1.54) is 0 Å². The van der Waals surface area contributed by atoms with E-state index < -0.39 is 6.04 Å². The topological polar surface area (TPSA) is 76.7 Å². The molecule has 1 amide bonds. The molecule has 0 radical (unpaired) electrons. The summed E-state index contributed by atoms with van der Waals surface area (Å²) < 4.78 is 0. The summed E-state index contributed by atoms with van der Waals surface area (Å²) in [6, 6.07) is 9.88. The van der Waals surface area contributed by atoms with Gasteiger partial charge in [-0.3, -0.25) is 4.79 Å². The molecule has 0 spiro atoms. The molecule has 1 N–H and O–H groups in total. The molecule has 1 aromatic carbocycles. The summed E-state index contributed by atoms with van der Waals surface area (Å²) in [5.74, 6) is -0.283. The van der Waals surface area contributed by atoms with Gasteiger partial charge in [0.2, 0.25) is 0 Å². The second-order valence-corrected chi connectivity index (χ2v) is 3.63. The van der Waals surface area contributed by atoms with E-state index in [1.807, 2.05) is 19.1 Å². The second kappa shape index (κ2) is 6.30. The number of hydrogen-bond acceptors (Lipinski definition) is 3. The predicted molar refractivity (Wildman–Crippen MR) is 62.9 cm³/mol. The molecule has 0 aliphatic heterocycles. The number of benzene rings is 1. The lowest BCUT2D eigenvalue weighted by molar-refractivity contribution is 0.0944. The molecule has 1 atom stereocenters. The molecule has 0 saturated carbocycles. The number of amides is 1. The van der Waals surface area contributed by atoms with Crippen molar-refractivity contribution in [2.45, 2.75) is 25.8 Å². The van der Waals surface area contributed by atoms with Gasteiger partial charge in [-0.05, 0) is 30.7 Å². The summed E-state index contributed by atoms with van der Waals surface area (Å²) in [5, 5.41) is 20.1. The predicted octanol–water partition coefficient (Wildman–Crippen LogP) is 1.98. The van der Waals surface area contributed by atoms with Crippen LogP contribution in [0.15, 0.2) is 24.3 Å². The van der Waals surface area contributed by atoms with E-state index in [0.29, 0.717) is 17.5 Å². The zero-order chi connectivity index (χ0) is 12.7. The first-order valence-electron chi connectivity index (χ1n) is 5.42. The van der Waals surface area contributed by atoms with Crippen molar-refractivity contribution in [1.82, 2.24) is 5.32 Å². The minimum atomic E-state index is -0.455. The third kappa shape index (κ3) is 3.62. The maximum atomic E-state index is 11.7. The van der Waals surface area contributed by atoms with Crippen molar-refractivity contribution in [3.8, 4) is 12.1 Å². The van der Waals surface area contributed by atoms with Crippen molar-refractivity contribution >= 4 is 5.91 Å². The van der Waals surface area contributed by atoms with Crippen molar-refractivity contribution in [3.63, 3.8) is 0 Å². The van der Waals surface area contributed by atoms with Gasteiger partial charge in [0, 0.05) is 5.56 Å². The summed E-state index contributed by atoms with van der Waals surface area (Å²) in [6.07, 6.45) is 1.48. The summed E-state index contributed by atoms with van der Waals surface area (Å²) >= 11 is 0. The maximum Gasteiger partial charge on any atom is 0.252 e. The van der Waals surface area contributed by atoms with Crippen molar-refractivity contribution in [3.05, 3.63) is 35.4 Å². The van der Waals surface area contributed by atoms with Crippen LogP contribution in [0.1, 0.15) is 35.7 Å². The smallest absolute Gasteiger partial charge is 0.252 e.